The van der Waals surface area contributed by atoms with Gasteiger partial charge in [-0.2, -0.15) is 10.1 Å². The summed E-state index contributed by atoms with van der Waals surface area (Å²) in [5.74, 6) is 0.542. The quantitative estimate of drug-likeness (QED) is 0.717. The van der Waals surface area contributed by atoms with E-state index in [-0.39, 0.29) is 12.3 Å². The summed E-state index contributed by atoms with van der Waals surface area (Å²) in [4.78, 5) is 16.8. The molecule has 1 atom stereocenters. The van der Waals surface area contributed by atoms with Gasteiger partial charge in [0.05, 0.1) is 18.2 Å². The highest BCUT2D eigenvalue weighted by atomic mass is 16.5. The van der Waals surface area contributed by atoms with E-state index in [1.807, 2.05) is 13.8 Å². The van der Waals surface area contributed by atoms with Gasteiger partial charge in [0.15, 0.2) is 5.82 Å². The molecule has 2 N–H and O–H groups in total. The fourth-order valence-corrected chi connectivity index (χ4v) is 3.06. The van der Waals surface area contributed by atoms with Crippen LogP contribution in [0, 0.1) is 6.92 Å². The first-order valence-corrected chi connectivity index (χ1v) is 8.67. The molecule has 0 fully saturated rings. The standard InChI is InChI=1S/C17H27N5O3/c1-5-7-17(24,8-6-2)9-14(23)20-15(13-10-18-22(4)11-13)16-19-12(3)25-21-16/h10-11,15,24H,5-9H2,1-4H3,(H,20,23). The SMILES string of the molecule is CCCC(O)(CCC)CC(=O)NC(c1cnn(C)c1)c1noc(C)n1. The average Bonchev–Trinajstić information content (AvgIpc) is 3.14. The van der Waals surface area contributed by atoms with Crippen molar-refractivity contribution in [1.82, 2.24) is 25.2 Å². The average molecular weight is 349 g/mol. The van der Waals surface area contributed by atoms with Gasteiger partial charge in [0.25, 0.3) is 0 Å². The van der Waals surface area contributed by atoms with Gasteiger partial charge in [-0.1, -0.05) is 31.8 Å². The van der Waals surface area contributed by atoms with E-state index in [1.54, 1.807) is 31.0 Å². The van der Waals surface area contributed by atoms with E-state index in [0.29, 0.717) is 24.6 Å². The molecule has 0 aliphatic rings. The minimum Gasteiger partial charge on any atom is -0.389 e. The highest BCUT2D eigenvalue weighted by Crippen LogP contribution is 2.25. The predicted molar refractivity (Wildman–Crippen MR) is 91.6 cm³/mol. The molecule has 8 nitrogen and oxygen atoms in total. The fraction of sp³-hybridized carbons (Fsp3) is 0.647. The van der Waals surface area contributed by atoms with E-state index >= 15 is 0 Å². The van der Waals surface area contributed by atoms with Crippen LogP contribution in [0.4, 0.5) is 0 Å². The van der Waals surface area contributed by atoms with E-state index in [9.17, 15) is 9.90 Å². The lowest BCUT2D eigenvalue weighted by molar-refractivity contribution is -0.127. The molecule has 8 heteroatoms. The third-order valence-electron chi connectivity index (χ3n) is 4.09. The Morgan fingerprint density at radius 2 is 2.08 bits per heavy atom. The largest absolute Gasteiger partial charge is 0.389 e. The van der Waals surface area contributed by atoms with Crippen LogP contribution in [0.3, 0.4) is 0 Å². The summed E-state index contributed by atoms with van der Waals surface area (Å²) in [7, 11) is 1.80. The number of nitrogens with zero attached hydrogens (tertiary/aromatic N) is 4. The van der Waals surface area contributed by atoms with Gasteiger partial charge in [-0.15, -0.1) is 0 Å². The van der Waals surface area contributed by atoms with Crippen molar-refractivity contribution in [3.05, 3.63) is 29.7 Å². The van der Waals surface area contributed by atoms with Crippen molar-refractivity contribution in [2.24, 2.45) is 7.05 Å². The van der Waals surface area contributed by atoms with Gasteiger partial charge in [-0.25, -0.2) is 0 Å². The van der Waals surface area contributed by atoms with Crippen LogP contribution < -0.4 is 5.32 Å². The number of carbonyl (C=O) groups is 1. The smallest absolute Gasteiger partial charge is 0.223 e. The molecule has 0 aliphatic heterocycles. The molecule has 0 saturated carbocycles. The first-order chi connectivity index (χ1) is 11.9. The zero-order valence-corrected chi connectivity index (χ0v) is 15.3. The van der Waals surface area contributed by atoms with Gasteiger partial charge in [0.2, 0.25) is 11.8 Å². The Balaban J connectivity index is 2.17. The van der Waals surface area contributed by atoms with Crippen LogP contribution >= 0.6 is 0 Å². The Kier molecular flexibility index (Phi) is 6.30. The number of aliphatic hydroxyl groups is 1. The first-order valence-electron chi connectivity index (χ1n) is 8.67. The number of amides is 1. The molecule has 0 aliphatic carbocycles. The van der Waals surface area contributed by atoms with E-state index in [0.717, 1.165) is 18.4 Å². The van der Waals surface area contributed by atoms with Crippen molar-refractivity contribution in [2.45, 2.75) is 64.5 Å². The molecule has 2 aromatic rings. The van der Waals surface area contributed by atoms with Gasteiger partial charge in [0.1, 0.15) is 6.04 Å². The zero-order chi connectivity index (χ0) is 18.4. The molecular formula is C17H27N5O3. The highest BCUT2D eigenvalue weighted by molar-refractivity contribution is 5.77. The van der Waals surface area contributed by atoms with Crippen molar-refractivity contribution in [3.8, 4) is 0 Å². The third-order valence-corrected chi connectivity index (χ3v) is 4.09. The summed E-state index contributed by atoms with van der Waals surface area (Å²) in [6.45, 7) is 5.69. The van der Waals surface area contributed by atoms with Gasteiger partial charge < -0.3 is 14.9 Å². The summed E-state index contributed by atoms with van der Waals surface area (Å²) in [6.07, 6.45) is 6.31. The minimum absolute atomic E-state index is 0.0439. The van der Waals surface area contributed by atoms with Crippen molar-refractivity contribution in [1.29, 1.82) is 0 Å². The molecular weight excluding hydrogens is 322 g/mol. The molecule has 1 unspecified atom stereocenters. The summed E-state index contributed by atoms with van der Waals surface area (Å²) in [5.41, 5.74) is -0.230. The molecule has 2 rings (SSSR count). The van der Waals surface area contributed by atoms with Crippen molar-refractivity contribution in [3.63, 3.8) is 0 Å². The molecule has 2 aromatic heterocycles. The topological polar surface area (TPSA) is 106 Å². The van der Waals surface area contributed by atoms with E-state index in [4.69, 9.17) is 4.52 Å². The number of aryl methyl sites for hydroxylation is 2. The summed E-state index contributed by atoms with van der Waals surface area (Å²) in [6, 6.07) is -0.564. The maximum absolute atomic E-state index is 12.6. The number of aromatic nitrogens is 4. The van der Waals surface area contributed by atoms with Crippen LogP contribution in [0.1, 0.15) is 69.3 Å². The van der Waals surface area contributed by atoms with Gasteiger partial charge >= 0.3 is 0 Å². The number of rotatable bonds is 9. The van der Waals surface area contributed by atoms with Gasteiger partial charge in [-0.05, 0) is 12.8 Å². The zero-order valence-electron chi connectivity index (χ0n) is 15.3. The molecule has 0 saturated heterocycles. The maximum Gasteiger partial charge on any atom is 0.223 e. The lowest BCUT2D eigenvalue weighted by Gasteiger charge is -2.27. The Morgan fingerprint density at radius 1 is 1.40 bits per heavy atom. The van der Waals surface area contributed by atoms with Gasteiger partial charge in [0, 0.05) is 25.7 Å². The van der Waals surface area contributed by atoms with Crippen molar-refractivity contribution in [2.75, 3.05) is 0 Å². The fourth-order valence-electron chi connectivity index (χ4n) is 3.06. The lowest BCUT2D eigenvalue weighted by Crippen LogP contribution is -2.38. The first kappa shape index (κ1) is 19.1. The molecule has 1 amide bonds. The molecule has 25 heavy (non-hydrogen) atoms. The minimum atomic E-state index is -0.986. The number of nitrogens with one attached hydrogen (secondary N) is 1. The van der Waals surface area contributed by atoms with Crippen molar-refractivity contribution >= 4 is 5.91 Å². The molecule has 0 aromatic carbocycles. The van der Waals surface area contributed by atoms with Crippen LogP contribution in [-0.4, -0.2) is 36.5 Å². The van der Waals surface area contributed by atoms with Gasteiger partial charge in [-0.3, -0.25) is 9.48 Å². The van der Waals surface area contributed by atoms with Crippen LogP contribution in [0.2, 0.25) is 0 Å². The number of hydrogen-bond donors (Lipinski definition) is 2. The van der Waals surface area contributed by atoms with Crippen LogP contribution in [0.15, 0.2) is 16.9 Å². The van der Waals surface area contributed by atoms with E-state index in [2.05, 4.69) is 20.6 Å². The Morgan fingerprint density at radius 3 is 2.56 bits per heavy atom. The highest BCUT2D eigenvalue weighted by Gasteiger charge is 2.31. The second-order valence-corrected chi connectivity index (χ2v) is 6.52. The Hall–Kier alpha value is -2.22. The van der Waals surface area contributed by atoms with Crippen LogP contribution in [0.5, 0.6) is 0 Å². The maximum atomic E-state index is 12.6. The summed E-state index contributed by atoms with van der Waals surface area (Å²) < 4.78 is 6.69. The molecule has 138 valence electrons. The van der Waals surface area contributed by atoms with Crippen molar-refractivity contribution < 1.29 is 14.4 Å². The molecule has 2 heterocycles. The third kappa shape index (κ3) is 5.12. The van der Waals surface area contributed by atoms with E-state index in [1.165, 1.54) is 0 Å². The number of carbonyl (C=O) groups excluding carboxylic acids is 1. The second kappa shape index (κ2) is 8.24. The molecule has 0 radical (unpaired) electrons. The summed E-state index contributed by atoms with van der Waals surface area (Å²) >= 11 is 0. The van der Waals surface area contributed by atoms with Crippen LogP contribution in [-0.2, 0) is 11.8 Å². The molecule has 0 bridgehead atoms. The Labute approximate surface area is 147 Å². The van der Waals surface area contributed by atoms with Crippen LogP contribution in [0.25, 0.3) is 0 Å². The second-order valence-electron chi connectivity index (χ2n) is 6.52. The summed E-state index contributed by atoms with van der Waals surface area (Å²) in [5, 5.41) is 21.7. The Bertz CT molecular complexity index is 648. The lowest BCUT2D eigenvalue weighted by atomic mass is 9.89. The number of hydrogen-bond acceptors (Lipinski definition) is 6. The van der Waals surface area contributed by atoms with E-state index < -0.39 is 11.6 Å². The molecule has 0 spiro atoms. The monoisotopic (exact) mass is 349 g/mol. The normalized spacial score (nSPS) is 13.0. The predicted octanol–water partition coefficient (Wildman–Crippen LogP) is 2.04.